The van der Waals surface area contributed by atoms with Gasteiger partial charge in [0.1, 0.15) is 0 Å². The van der Waals surface area contributed by atoms with Crippen LogP contribution in [0, 0.1) is 5.92 Å². The van der Waals surface area contributed by atoms with Crippen molar-refractivity contribution in [3.8, 4) is 0 Å². The molecule has 1 heterocycles. The van der Waals surface area contributed by atoms with Gasteiger partial charge in [0.25, 0.3) is 0 Å². The van der Waals surface area contributed by atoms with Crippen molar-refractivity contribution >= 4 is 11.9 Å². The van der Waals surface area contributed by atoms with Crippen LogP contribution in [0.2, 0.25) is 0 Å². The van der Waals surface area contributed by atoms with Crippen LogP contribution in [0.5, 0.6) is 0 Å². The first kappa shape index (κ1) is 16.9. The van der Waals surface area contributed by atoms with Crippen LogP contribution >= 0.6 is 0 Å². The van der Waals surface area contributed by atoms with Gasteiger partial charge >= 0.3 is 11.9 Å². The number of hydrogen-bond acceptors (Lipinski definition) is 6. The van der Waals surface area contributed by atoms with E-state index >= 15 is 0 Å². The highest BCUT2D eigenvalue weighted by Crippen LogP contribution is 2.43. The van der Waals surface area contributed by atoms with Crippen molar-refractivity contribution in [1.29, 1.82) is 0 Å². The fraction of sp³-hybridized carbons (Fsp3) is 0.857. The minimum Gasteiger partial charge on any atom is -0.428 e. The second kappa shape index (κ2) is 6.10. The smallest absolute Gasteiger partial charge is 0.313 e. The van der Waals surface area contributed by atoms with Crippen LogP contribution in [0.15, 0.2) is 0 Å². The number of hydrogen-bond donors (Lipinski definition) is 1. The van der Waals surface area contributed by atoms with E-state index in [0.29, 0.717) is 19.3 Å². The zero-order valence-corrected chi connectivity index (χ0v) is 12.9. The van der Waals surface area contributed by atoms with Gasteiger partial charge in [0.05, 0.1) is 11.5 Å². The highest BCUT2D eigenvalue weighted by Gasteiger charge is 2.54. The summed E-state index contributed by atoms with van der Waals surface area (Å²) in [5.41, 5.74) is -1.21. The SMILES string of the molecule is CCCC(=O)OCOC(=O)C1CC(C)(C)N(O)C1(C)C. The van der Waals surface area contributed by atoms with E-state index in [9.17, 15) is 14.8 Å². The van der Waals surface area contributed by atoms with Crippen LogP contribution in [0.4, 0.5) is 0 Å². The molecule has 6 nitrogen and oxygen atoms in total. The predicted molar refractivity (Wildman–Crippen MR) is 71.8 cm³/mol. The van der Waals surface area contributed by atoms with Crippen LogP contribution in [-0.2, 0) is 19.1 Å². The highest BCUT2D eigenvalue weighted by molar-refractivity contribution is 5.75. The number of esters is 2. The van der Waals surface area contributed by atoms with Crippen LogP contribution in [0.1, 0.15) is 53.9 Å². The van der Waals surface area contributed by atoms with Gasteiger partial charge in [-0.25, -0.2) is 0 Å². The number of carbonyl (C=O) groups excluding carboxylic acids is 2. The molecule has 1 unspecified atom stereocenters. The Morgan fingerprint density at radius 2 is 1.85 bits per heavy atom. The molecule has 0 amide bonds. The molecule has 1 saturated heterocycles. The fourth-order valence-corrected chi connectivity index (χ4v) is 2.67. The molecular weight excluding hydrogens is 262 g/mol. The van der Waals surface area contributed by atoms with Gasteiger partial charge in [0.2, 0.25) is 6.79 Å². The number of nitrogens with zero attached hydrogens (tertiary/aromatic N) is 1. The maximum absolute atomic E-state index is 12.1. The van der Waals surface area contributed by atoms with Gasteiger partial charge in [0, 0.05) is 12.0 Å². The zero-order valence-electron chi connectivity index (χ0n) is 12.9. The number of carbonyl (C=O) groups is 2. The number of rotatable bonds is 5. The summed E-state index contributed by atoms with van der Waals surface area (Å²) in [6.07, 6.45) is 1.48. The first-order valence-corrected chi connectivity index (χ1v) is 6.94. The third kappa shape index (κ3) is 3.49. The lowest BCUT2D eigenvalue weighted by Gasteiger charge is -2.35. The molecule has 0 spiro atoms. The van der Waals surface area contributed by atoms with Gasteiger partial charge < -0.3 is 14.7 Å². The first-order valence-electron chi connectivity index (χ1n) is 6.94. The molecule has 20 heavy (non-hydrogen) atoms. The van der Waals surface area contributed by atoms with Crippen LogP contribution in [0.25, 0.3) is 0 Å². The summed E-state index contributed by atoms with van der Waals surface area (Å²) in [6.45, 7) is 8.81. The summed E-state index contributed by atoms with van der Waals surface area (Å²) in [5, 5.41) is 11.3. The Balaban J connectivity index is 2.54. The van der Waals surface area contributed by atoms with E-state index in [2.05, 4.69) is 0 Å². The topological polar surface area (TPSA) is 76.1 Å². The lowest BCUT2D eigenvalue weighted by Crippen LogP contribution is -2.48. The van der Waals surface area contributed by atoms with Gasteiger partial charge in [-0.1, -0.05) is 6.92 Å². The van der Waals surface area contributed by atoms with Crippen molar-refractivity contribution in [2.24, 2.45) is 5.92 Å². The molecule has 1 atom stereocenters. The Hall–Kier alpha value is -1.14. The van der Waals surface area contributed by atoms with E-state index in [0.717, 1.165) is 0 Å². The predicted octanol–water partition coefficient (Wildman–Crippen LogP) is 2.10. The Bertz CT molecular complexity index is 378. The summed E-state index contributed by atoms with van der Waals surface area (Å²) in [6, 6.07) is 0. The monoisotopic (exact) mass is 287 g/mol. The highest BCUT2D eigenvalue weighted by atomic mass is 16.7. The van der Waals surface area contributed by atoms with Gasteiger partial charge in [-0.05, 0) is 40.5 Å². The summed E-state index contributed by atoms with van der Waals surface area (Å²) in [7, 11) is 0. The molecule has 0 aromatic heterocycles. The van der Waals surface area contributed by atoms with Crippen molar-refractivity contribution in [1.82, 2.24) is 5.06 Å². The van der Waals surface area contributed by atoms with Gasteiger partial charge in [0.15, 0.2) is 0 Å². The molecule has 1 aliphatic heterocycles. The van der Waals surface area contributed by atoms with E-state index in [1.165, 1.54) is 5.06 Å². The van der Waals surface area contributed by atoms with E-state index in [1.807, 2.05) is 20.8 Å². The molecule has 0 saturated carbocycles. The molecule has 0 aliphatic carbocycles. The standard InChI is InChI=1S/C14H25NO5/c1-6-7-11(16)19-9-20-12(17)10-8-13(2,3)15(18)14(10,4)5/h10,18H,6-9H2,1-5H3. The second-order valence-corrected chi connectivity index (χ2v) is 6.38. The first-order chi connectivity index (χ1) is 9.13. The lowest BCUT2D eigenvalue weighted by molar-refractivity contribution is -0.202. The Labute approximate surface area is 120 Å². The third-order valence-corrected chi connectivity index (χ3v) is 3.84. The largest absolute Gasteiger partial charge is 0.428 e. The lowest BCUT2D eigenvalue weighted by atomic mass is 9.87. The molecule has 0 bridgehead atoms. The Morgan fingerprint density at radius 1 is 1.25 bits per heavy atom. The van der Waals surface area contributed by atoms with Gasteiger partial charge in [-0.2, -0.15) is 5.06 Å². The van der Waals surface area contributed by atoms with E-state index in [-0.39, 0.29) is 12.8 Å². The molecular formula is C14H25NO5. The Kier molecular flexibility index (Phi) is 5.15. The summed E-state index contributed by atoms with van der Waals surface area (Å²) >= 11 is 0. The molecule has 1 aliphatic rings. The maximum Gasteiger partial charge on any atom is 0.313 e. The normalized spacial score (nSPS) is 24.4. The van der Waals surface area contributed by atoms with E-state index in [4.69, 9.17) is 9.47 Å². The van der Waals surface area contributed by atoms with Crippen molar-refractivity contribution in [2.75, 3.05) is 6.79 Å². The van der Waals surface area contributed by atoms with Crippen molar-refractivity contribution in [3.63, 3.8) is 0 Å². The fourth-order valence-electron chi connectivity index (χ4n) is 2.67. The number of hydroxylamine groups is 2. The van der Waals surface area contributed by atoms with Gasteiger partial charge in [-0.3, -0.25) is 9.59 Å². The minimum absolute atomic E-state index is 0.309. The van der Waals surface area contributed by atoms with E-state index in [1.54, 1.807) is 13.8 Å². The molecule has 0 radical (unpaired) electrons. The average molecular weight is 287 g/mol. The summed E-state index contributed by atoms with van der Waals surface area (Å²) < 4.78 is 9.80. The average Bonchev–Trinajstić information content (AvgIpc) is 2.50. The second-order valence-electron chi connectivity index (χ2n) is 6.38. The zero-order chi connectivity index (χ0) is 15.6. The number of ether oxygens (including phenoxy) is 2. The molecule has 116 valence electrons. The summed E-state index contributed by atoms with van der Waals surface area (Å²) in [5.74, 6) is -1.30. The van der Waals surface area contributed by atoms with E-state index < -0.39 is 23.0 Å². The molecule has 1 N–H and O–H groups in total. The van der Waals surface area contributed by atoms with Crippen LogP contribution in [-0.4, -0.2) is 40.1 Å². The van der Waals surface area contributed by atoms with Gasteiger partial charge in [-0.15, -0.1) is 0 Å². The third-order valence-electron chi connectivity index (χ3n) is 3.84. The van der Waals surface area contributed by atoms with Crippen molar-refractivity contribution < 1.29 is 24.3 Å². The van der Waals surface area contributed by atoms with Crippen molar-refractivity contribution in [2.45, 2.75) is 65.0 Å². The van der Waals surface area contributed by atoms with Crippen LogP contribution < -0.4 is 0 Å². The molecule has 0 aromatic carbocycles. The molecule has 0 aromatic rings. The Morgan fingerprint density at radius 3 is 2.30 bits per heavy atom. The van der Waals surface area contributed by atoms with Crippen LogP contribution in [0.3, 0.4) is 0 Å². The maximum atomic E-state index is 12.1. The molecule has 1 rings (SSSR count). The quantitative estimate of drug-likeness (QED) is 0.616. The minimum atomic E-state index is -0.714. The summed E-state index contributed by atoms with van der Waals surface area (Å²) in [4.78, 5) is 23.2. The molecule has 6 heteroatoms. The molecule has 1 fully saturated rings. The van der Waals surface area contributed by atoms with Crippen molar-refractivity contribution in [3.05, 3.63) is 0 Å².